The second-order valence-corrected chi connectivity index (χ2v) is 5.54. The topological polar surface area (TPSA) is 70.6 Å². The Labute approximate surface area is 108 Å². The first-order chi connectivity index (χ1) is 8.54. The van der Waals surface area contributed by atoms with Crippen LogP contribution in [-0.2, 0) is 6.54 Å². The monoisotopic (exact) mass is 247 g/mol. The molecule has 0 bridgehead atoms. The summed E-state index contributed by atoms with van der Waals surface area (Å²) in [7, 11) is 0. The van der Waals surface area contributed by atoms with Gasteiger partial charge in [-0.2, -0.15) is 0 Å². The first kappa shape index (κ1) is 12.9. The molecular weight excluding hydrogens is 226 g/mol. The minimum absolute atomic E-state index is 0.156. The van der Waals surface area contributed by atoms with E-state index in [0.717, 1.165) is 24.2 Å². The van der Waals surface area contributed by atoms with Gasteiger partial charge in [0.15, 0.2) is 5.84 Å². The molecule has 1 fully saturated rings. The van der Waals surface area contributed by atoms with Crippen LogP contribution in [0.15, 0.2) is 23.4 Å². The molecule has 4 N–H and O–H groups in total. The predicted octanol–water partition coefficient (Wildman–Crippen LogP) is 1.98. The summed E-state index contributed by atoms with van der Waals surface area (Å²) in [4.78, 5) is 0. The number of oxime groups is 1. The maximum absolute atomic E-state index is 8.64. The van der Waals surface area contributed by atoms with E-state index in [9.17, 15) is 0 Å². The molecule has 0 heterocycles. The number of benzene rings is 1. The molecule has 0 aliphatic heterocycles. The van der Waals surface area contributed by atoms with Gasteiger partial charge in [0.05, 0.1) is 0 Å². The highest BCUT2D eigenvalue weighted by Gasteiger charge is 2.36. The van der Waals surface area contributed by atoms with Crippen LogP contribution in [0.2, 0.25) is 0 Å². The highest BCUT2D eigenvalue weighted by atomic mass is 16.4. The van der Waals surface area contributed by atoms with E-state index in [1.54, 1.807) is 0 Å². The number of hydrogen-bond acceptors (Lipinski definition) is 3. The van der Waals surface area contributed by atoms with E-state index in [-0.39, 0.29) is 5.84 Å². The summed E-state index contributed by atoms with van der Waals surface area (Å²) in [6.07, 6.45) is 2.67. The highest BCUT2D eigenvalue weighted by molar-refractivity contribution is 5.97. The van der Waals surface area contributed by atoms with E-state index in [1.807, 2.05) is 25.1 Å². The summed E-state index contributed by atoms with van der Waals surface area (Å²) < 4.78 is 0. The third-order valence-electron chi connectivity index (χ3n) is 3.72. The largest absolute Gasteiger partial charge is 0.409 e. The summed E-state index contributed by atoms with van der Waals surface area (Å²) >= 11 is 0. The molecule has 4 heteroatoms. The van der Waals surface area contributed by atoms with Gasteiger partial charge in [-0.3, -0.25) is 0 Å². The van der Waals surface area contributed by atoms with Gasteiger partial charge in [-0.1, -0.05) is 24.2 Å². The zero-order valence-electron chi connectivity index (χ0n) is 11.0. The quantitative estimate of drug-likeness (QED) is 0.322. The number of rotatable bonds is 5. The number of nitrogens with zero attached hydrogens (tertiary/aromatic N) is 1. The van der Waals surface area contributed by atoms with Gasteiger partial charge in [-0.05, 0) is 42.4 Å². The third kappa shape index (κ3) is 3.01. The highest BCUT2D eigenvalue weighted by Crippen LogP contribution is 2.44. The lowest BCUT2D eigenvalue weighted by Gasteiger charge is -2.12. The summed E-state index contributed by atoms with van der Waals surface area (Å²) in [5.74, 6) is 0.156. The zero-order valence-corrected chi connectivity index (χ0v) is 11.0. The van der Waals surface area contributed by atoms with Gasteiger partial charge >= 0.3 is 0 Å². The van der Waals surface area contributed by atoms with Crippen molar-refractivity contribution in [1.29, 1.82) is 0 Å². The minimum Gasteiger partial charge on any atom is -0.409 e. The number of aryl methyl sites for hydroxylation is 1. The van der Waals surface area contributed by atoms with Crippen LogP contribution in [0.4, 0.5) is 0 Å². The third-order valence-corrected chi connectivity index (χ3v) is 3.72. The molecule has 0 unspecified atom stereocenters. The fourth-order valence-electron chi connectivity index (χ4n) is 2.00. The van der Waals surface area contributed by atoms with Gasteiger partial charge in [0.1, 0.15) is 0 Å². The Morgan fingerprint density at radius 1 is 1.50 bits per heavy atom. The van der Waals surface area contributed by atoms with Crippen LogP contribution in [0.1, 0.15) is 36.5 Å². The molecule has 18 heavy (non-hydrogen) atoms. The van der Waals surface area contributed by atoms with Gasteiger partial charge in [0, 0.05) is 18.7 Å². The SMILES string of the molecule is Cc1cc(/C(N)=N/O)ccc1CNCC1(C)CC1. The van der Waals surface area contributed by atoms with Crippen molar-refractivity contribution < 1.29 is 5.21 Å². The smallest absolute Gasteiger partial charge is 0.170 e. The number of nitrogens with two attached hydrogens (primary N) is 1. The molecule has 1 aliphatic rings. The van der Waals surface area contributed by atoms with Crippen LogP contribution >= 0.6 is 0 Å². The average Bonchev–Trinajstić information content (AvgIpc) is 3.08. The molecule has 2 rings (SSSR count). The van der Waals surface area contributed by atoms with Crippen molar-refractivity contribution in [2.24, 2.45) is 16.3 Å². The van der Waals surface area contributed by atoms with Gasteiger partial charge < -0.3 is 16.3 Å². The van der Waals surface area contributed by atoms with Crippen LogP contribution in [0.5, 0.6) is 0 Å². The maximum atomic E-state index is 8.64. The molecule has 0 atom stereocenters. The van der Waals surface area contributed by atoms with E-state index >= 15 is 0 Å². The maximum Gasteiger partial charge on any atom is 0.170 e. The number of hydrogen-bond donors (Lipinski definition) is 3. The Hall–Kier alpha value is -1.55. The first-order valence-electron chi connectivity index (χ1n) is 6.32. The van der Waals surface area contributed by atoms with Crippen LogP contribution in [-0.4, -0.2) is 17.6 Å². The fraction of sp³-hybridized carbons (Fsp3) is 0.500. The molecule has 0 radical (unpaired) electrons. The van der Waals surface area contributed by atoms with Gasteiger partial charge in [-0.25, -0.2) is 0 Å². The van der Waals surface area contributed by atoms with Crippen molar-refractivity contribution in [2.45, 2.75) is 33.2 Å². The van der Waals surface area contributed by atoms with Crippen molar-refractivity contribution in [3.05, 3.63) is 34.9 Å². The van der Waals surface area contributed by atoms with Crippen LogP contribution in [0.25, 0.3) is 0 Å². The van der Waals surface area contributed by atoms with E-state index < -0.39 is 0 Å². The summed E-state index contributed by atoms with van der Waals surface area (Å²) in [6.45, 7) is 6.31. The molecule has 0 saturated heterocycles. The van der Waals surface area contributed by atoms with Crippen molar-refractivity contribution in [3.63, 3.8) is 0 Å². The average molecular weight is 247 g/mol. The van der Waals surface area contributed by atoms with Crippen molar-refractivity contribution in [2.75, 3.05) is 6.54 Å². The number of nitrogens with one attached hydrogen (secondary N) is 1. The predicted molar refractivity (Wildman–Crippen MR) is 72.7 cm³/mol. The Bertz CT molecular complexity index is 464. The Morgan fingerprint density at radius 2 is 2.22 bits per heavy atom. The molecule has 4 nitrogen and oxygen atoms in total. The van der Waals surface area contributed by atoms with Gasteiger partial charge in [0.25, 0.3) is 0 Å². The van der Waals surface area contributed by atoms with Crippen molar-refractivity contribution in [1.82, 2.24) is 5.32 Å². The normalized spacial score (nSPS) is 17.8. The molecule has 1 saturated carbocycles. The standard InChI is InChI=1S/C14H21N3O/c1-10-7-11(13(15)17-18)3-4-12(10)8-16-9-14(2)5-6-14/h3-4,7,16,18H,5-6,8-9H2,1-2H3,(H2,15,17). The molecular formula is C14H21N3O. The van der Waals surface area contributed by atoms with Gasteiger partial charge in [0.2, 0.25) is 0 Å². The van der Waals surface area contributed by atoms with Crippen molar-refractivity contribution >= 4 is 5.84 Å². The van der Waals surface area contributed by atoms with E-state index in [0.29, 0.717) is 5.41 Å². The van der Waals surface area contributed by atoms with E-state index in [2.05, 4.69) is 17.4 Å². The summed E-state index contributed by atoms with van der Waals surface area (Å²) in [5.41, 5.74) is 9.27. The lowest BCUT2D eigenvalue weighted by Crippen LogP contribution is -2.22. The van der Waals surface area contributed by atoms with Crippen molar-refractivity contribution in [3.8, 4) is 0 Å². The molecule has 1 aromatic carbocycles. The first-order valence-corrected chi connectivity index (χ1v) is 6.32. The molecule has 0 amide bonds. The van der Waals surface area contributed by atoms with Gasteiger partial charge in [-0.15, -0.1) is 0 Å². The molecule has 1 aromatic rings. The lowest BCUT2D eigenvalue weighted by molar-refractivity contribution is 0.318. The molecule has 0 spiro atoms. The molecule has 1 aliphatic carbocycles. The fourth-order valence-corrected chi connectivity index (χ4v) is 2.00. The summed E-state index contributed by atoms with van der Waals surface area (Å²) in [6, 6.07) is 5.87. The second kappa shape index (κ2) is 4.98. The number of amidine groups is 1. The Morgan fingerprint density at radius 3 is 2.78 bits per heavy atom. The molecule has 98 valence electrons. The van der Waals surface area contributed by atoms with E-state index in [4.69, 9.17) is 10.9 Å². The Balaban J connectivity index is 1.96. The Kier molecular flexibility index (Phi) is 3.57. The lowest BCUT2D eigenvalue weighted by atomic mass is 10.0. The van der Waals surface area contributed by atoms with Crippen LogP contribution in [0, 0.1) is 12.3 Å². The zero-order chi connectivity index (χ0) is 13.2. The van der Waals surface area contributed by atoms with E-state index in [1.165, 1.54) is 18.4 Å². The molecule has 0 aromatic heterocycles. The second-order valence-electron chi connectivity index (χ2n) is 5.54. The van der Waals surface area contributed by atoms with Crippen LogP contribution in [0.3, 0.4) is 0 Å². The summed E-state index contributed by atoms with van der Waals surface area (Å²) in [5, 5.41) is 15.1. The van der Waals surface area contributed by atoms with Crippen LogP contribution < -0.4 is 11.1 Å². The minimum atomic E-state index is 0.156.